The Balaban J connectivity index is 2.17. The largest absolute Gasteiger partial charge is 0.354 e. The summed E-state index contributed by atoms with van der Waals surface area (Å²) < 4.78 is 1.66. The third-order valence-corrected chi connectivity index (χ3v) is 3.07. The van der Waals surface area contributed by atoms with Gasteiger partial charge < -0.3 is 10.2 Å². The monoisotopic (exact) mass is 250 g/mol. The average molecular weight is 250 g/mol. The number of aryl methyl sites for hydroxylation is 2. The number of carbonyl (C=O) groups is 2. The first-order valence-corrected chi connectivity index (χ1v) is 6.20. The molecule has 2 rings (SSSR count). The second-order valence-corrected chi connectivity index (χ2v) is 4.41. The molecule has 2 heterocycles. The van der Waals surface area contributed by atoms with Gasteiger partial charge in [0.2, 0.25) is 5.91 Å². The lowest BCUT2D eigenvalue weighted by molar-refractivity contribution is -0.120. The summed E-state index contributed by atoms with van der Waals surface area (Å²) in [7, 11) is 1.81. The van der Waals surface area contributed by atoms with Gasteiger partial charge in [-0.25, -0.2) is 0 Å². The third-order valence-electron chi connectivity index (χ3n) is 3.07. The van der Waals surface area contributed by atoms with Crippen molar-refractivity contribution >= 4 is 11.8 Å². The van der Waals surface area contributed by atoms with Gasteiger partial charge in [0, 0.05) is 39.3 Å². The molecule has 0 spiro atoms. The molecule has 0 unspecified atom stereocenters. The van der Waals surface area contributed by atoms with Crippen LogP contribution in [0.3, 0.4) is 0 Å². The van der Waals surface area contributed by atoms with E-state index in [1.54, 1.807) is 15.8 Å². The Labute approximate surface area is 106 Å². The molecule has 0 aliphatic carbocycles. The van der Waals surface area contributed by atoms with Crippen LogP contribution in [-0.4, -0.2) is 46.1 Å². The van der Waals surface area contributed by atoms with Crippen LogP contribution in [0.15, 0.2) is 6.20 Å². The minimum absolute atomic E-state index is 0.00667. The molecule has 6 nitrogen and oxygen atoms in total. The van der Waals surface area contributed by atoms with Gasteiger partial charge in [0.25, 0.3) is 5.91 Å². The highest BCUT2D eigenvalue weighted by Gasteiger charge is 2.23. The number of nitrogens with one attached hydrogen (secondary N) is 1. The highest BCUT2D eigenvalue weighted by Crippen LogP contribution is 2.12. The SMILES string of the molecule is CCc1nn(C)cc1C(=O)N1CCNC(=O)CC1. The first-order chi connectivity index (χ1) is 8.61. The normalized spacial score (nSPS) is 16.3. The molecule has 98 valence electrons. The molecule has 0 saturated carbocycles. The molecule has 1 aromatic heterocycles. The number of hydrogen-bond acceptors (Lipinski definition) is 3. The topological polar surface area (TPSA) is 67.2 Å². The Kier molecular flexibility index (Phi) is 3.64. The van der Waals surface area contributed by atoms with Crippen molar-refractivity contribution in [3.05, 3.63) is 17.5 Å². The smallest absolute Gasteiger partial charge is 0.257 e. The molecule has 0 radical (unpaired) electrons. The van der Waals surface area contributed by atoms with Crippen molar-refractivity contribution in [2.24, 2.45) is 7.05 Å². The van der Waals surface area contributed by atoms with Gasteiger partial charge >= 0.3 is 0 Å². The summed E-state index contributed by atoms with van der Waals surface area (Å²) in [5, 5.41) is 7.03. The Morgan fingerprint density at radius 3 is 3.00 bits per heavy atom. The second-order valence-electron chi connectivity index (χ2n) is 4.41. The zero-order valence-corrected chi connectivity index (χ0v) is 10.8. The quantitative estimate of drug-likeness (QED) is 0.800. The third kappa shape index (κ3) is 2.52. The van der Waals surface area contributed by atoms with Crippen LogP contribution in [0.2, 0.25) is 0 Å². The van der Waals surface area contributed by atoms with Crippen LogP contribution in [-0.2, 0) is 18.3 Å². The molecule has 6 heteroatoms. The van der Waals surface area contributed by atoms with E-state index in [2.05, 4.69) is 10.4 Å². The molecule has 1 aromatic rings. The molecule has 1 aliphatic rings. The van der Waals surface area contributed by atoms with Crippen LogP contribution in [0.4, 0.5) is 0 Å². The molecule has 0 bridgehead atoms. The van der Waals surface area contributed by atoms with Gasteiger partial charge in [0.05, 0.1) is 11.3 Å². The fourth-order valence-corrected chi connectivity index (χ4v) is 2.11. The minimum Gasteiger partial charge on any atom is -0.354 e. The summed E-state index contributed by atoms with van der Waals surface area (Å²) in [6.45, 7) is 3.53. The van der Waals surface area contributed by atoms with E-state index in [-0.39, 0.29) is 11.8 Å². The highest BCUT2D eigenvalue weighted by atomic mass is 16.2. The molecule has 2 amide bonds. The number of hydrogen-bond donors (Lipinski definition) is 1. The van der Waals surface area contributed by atoms with E-state index in [0.717, 1.165) is 12.1 Å². The van der Waals surface area contributed by atoms with Crippen LogP contribution in [0.5, 0.6) is 0 Å². The van der Waals surface area contributed by atoms with Gasteiger partial charge in [-0.15, -0.1) is 0 Å². The van der Waals surface area contributed by atoms with Crippen LogP contribution in [0, 0.1) is 0 Å². The van der Waals surface area contributed by atoms with Crippen molar-refractivity contribution in [2.75, 3.05) is 19.6 Å². The molecule has 1 fully saturated rings. The van der Waals surface area contributed by atoms with Gasteiger partial charge in [-0.2, -0.15) is 5.10 Å². The van der Waals surface area contributed by atoms with Crippen molar-refractivity contribution in [1.82, 2.24) is 20.0 Å². The van der Waals surface area contributed by atoms with Crippen molar-refractivity contribution in [3.63, 3.8) is 0 Å². The molecule has 1 saturated heterocycles. The summed E-state index contributed by atoms with van der Waals surface area (Å²) in [6.07, 6.45) is 2.85. The number of nitrogens with zero attached hydrogens (tertiary/aromatic N) is 3. The lowest BCUT2D eigenvalue weighted by Gasteiger charge is -2.19. The molecule has 1 aliphatic heterocycles. The van der Waals surface area contributed by atoms with Crippen LogP contribution < -0.4 is 5.32 Å². The molecule has 18 heavy (non-hydrogen) atoms. The van der Waals surface area contributed by atoms with E-state index in [4.69, 9.17) is 0 Å². The van der Waals surface area contributed by atoms with E-state index < -0.39 is 0 Å². The van der Waals surface area contributed by atoms with Gasteiger partial charge in [-0.05, 0) is 6.42 Å². The molecule has 0 aromatic carbocycles. The van der Waals surface area contributed by atoms with Crippen LogP contribution in [0.1, 0.15) is 29.4 Å². The standard InChI is InChI=1S/C12H18N4O2/c1-3-10-9(8-15(2)14-10)12(18)16-6-4-11(17)13-5-7-16/h8H,3-7H2,1-2H3,(H,13,17). The zero-order chi connectivity index (χ0) is 13.1. The van der Waals surface area contributed by atoms with Gasteiger partial charge in [-0.3, -0.25) is 14.3 Å². The first kappa shape index (κ1) is 12.6. The lowest BCUT2D eigenvalue weighted by atomic mass is 10.2. The fourth-order valence-electron chi connectivity index (χ4n) is 2.11. The minimum atomic E-state index is -0.0311. The Hall–Kier alpha value is -1.85. The van der Waals surface area contributed by atoms with Gasteiger partial charge in [-0.1, -0.05) is 6.92 Å². The molecular weight excluding hydrogens is 232 g/mol. The highest BCUT2D eigenvalue weighted by molar-refractivity contribution is 5.95. The van der Waals surface area contributed by atoms with Gasteiger partial charge in [0.15, 0.2) is 0 Å². The average Bonchev–Trinajstić information content (AvgIpc) is 2.59. The number of amides is 2. The maximum absolute atomic E-state index is 12.4. The lowest BCUT2D eigenvalue weighted by Crippen LogP contribution is -2.34. The number of carbonyl (C=O) groups excluding carboxylic acids is 2. The summed E-state index contributed by atoms with van der Waals surface area (Å²) in [4.78, 5) is 25.4. The predicted octanol–water partition coefficient (Wildman–Crippen LogP) is -0.0554. The predicted molar refractivity (Wildman–Crippen MR) is 66.1 cm³/mol. The molecule has 1 N–H and O–H groups in total. The van der Waals surface area contributed by atoms with Gasteiger partial charge in [0.1, 0.15) is 0 Å². The Morgan fingerprint density at radius 1 is 1.50 bits per heavy atom. The van der Waals surface area contributed by atoms with Crippen molar-refractivity contribution in [1.29, 1.82) is 0 Å². The fraction of sp³-hybridized carbons (Fsp3) is 0.583. The van der Waals surface area contributed by atoms with E-state index in [1.807, 2.05) is 14.0 Å². The molecule has 0 atom stereocenters. The van der Waals surface area contributed by atoms with E-state index >= 15 is 0 Å². The summed E-state index contributed by atoms with van der Waals surface area (Å²) in [6, 6.07) is 0. The summed E-state index contributed by atoms with van der Waals surface area (Å²) in [5.41, 5.74) is 1.46. The first-order valence-electron chi connectivity index (χ1n) is 6.20. The number of aromatic nitrogens is 2. The maximum atomic E-state index is 12.4. The zero-order valence-electron chi connectivity index (χ0n) is 10.8. The van der Waals surface area contributed by atoms with Crippen molar-refractivity contribution in [3.8, 4) is 0 Å². The van der Waals surface area contributed by atoms with E-state index in [9.17, 15) is 9.59 Å². The summed E-state index contributed by atoms with van der Waals surface area (Å²) >= 11 is 0. The summed E-state index contributed by atoms with van der Waals surface area (Å²) in [5.74, 6) is -0.0244. The number of rotatable bonds is 2. The van der Waals surface area contributed by atoms with Crippen LogP contribution in [0.25, 0.3) is 0 Å². The van der Waals surface area contributed by atoms with E-state index in [1.165, 1.54) is 0 Å². The van der Waals surface area contributed by atoms with E-state index in [0.29, 0.717) is 31.6 Å². The Morgan fingerprint density at radius 2 is 2.28 bits per heavy atom. The maximum Gasteiger partial charge on any atom is 0.257 e. The Bertz CT molecular complexity index is 467. The molecular formula is C12H18N4O2. The second kappa shape index (κ2) is 5.20. The van der Waals surface area contributed by atoms with Crippen molar-refractivity contribution < 1.29 is 9.59 Å². The van der Waals surface area contributed by atoms with Crippen LogP contribution >= 0.6 is 0 Å². The van der Waals surface area contributed by atoms with Crippen molar-refractivity contribution in [2.45, 2.75) is 19.8 Å².